The minimum absolute atomic E-state index is 0.00245. The summed E-state index contributed by atoms with van der Waals surface area (Å²) >= 11 is 1.69. The summed E-state index contributed by atoms with van der Waals surface area (Å²) < 4.78 is -0.691. The van der Waals surface area contributed by atoms with Crippen LogP contribution >= 0.6 is 11.8 Å². The Bertz CT molecular complexity index is 892. The van der Waals surface area contributed by atoms with Crippen LogP contribution in [0.1, 0.15) is 60.8 Å². The van der Waals surface area contributed by atoms with Crippen molar-refractivity contribution in [3.05, 3.63) is 25.3 Å². The number of rotatable bonds is 13. The number of hydrogen-bond acceptors (Lipinski definition) is 5. The van der Waals surface area contributed by atoms with Crippen LogP contribution in [0.15, 0.2) is 25.3 Å². The van der Waals surface area contributed by atoms with Crippen LogP contribution in [0.4, 0.5) is 0 Å². The number of carbonyl (C=O) groups excluding carboxylic acids is 3. The molecule has 8 heteroatoms. The Hall–Kier alpha value is -1.80. The van der Waals surface area contributed by atoms with Crippen molar-refractivity contribution in [1.29, 1.82) is 0 Å². The van der Waals surface area contributed by atoms with Crippen molar-refractivity contribution in [2.45, 2.75) is 88.9 Å². The van der Waals surface area contributed by atoms with Gasteiger partial charge >= 0.3 is 0 Å². The number of aliphatic hydroxyl groups is 1. The molecule has 1 spiro atoms. The zero-order valence-corrected chi connectivity index (χ0v) is 24.4. The predicted octanol–water partition coefficient (Wildman–Crippen LogP) is 3.58. The Labute approximate surface area is 227 Å². The van der Waals surface area contributed by atoms with Gasteiger partial charge in [-0.15, -0.1) is 24.9 Å². The third-order valence-electron chi connectivity index (χ3n) is 8.44. The van der Waals surface area contributed by atoms with Crippen LogP contribution in [-0.4, -0.2) is 91.9 Å². The molecule has 7 atom stereocenters. The highest BCUT2D eigenvalue weighted by molar-refractivity contribution is 8.02. The van der Waals surface area contributed by atoms with Crippen molar-refractivity contribution in [3.8, 4) is 0 Å². The molecule has 3 amide bonds. The molecule has 0 aromatic rings. The number of nitrogens with zero attached hydrogens (tertiary/aromatic N) is 3. The first-order chi connectivity index (χ1) is 17.5. The molecule has 0 aromatic carbocycles. The van der Waals surface area contributed by atoms with Gasteiger partial charge in [-0.2, -0.15) is 0 Å². The highest BCUT2D eigenvalue weighted by Gasteiger charge is 2.77. The fourth-order valence-electron chi connectivity index (χ4n) is 7.01. The van der Waals surface area contributed by atoms with Gasteiger partial charge in [0, 0.05) is 30.9 Å². The zero-order chi connectivity index (χ0) is 27.7. The van der Waals surface area contributed by atoms with Gasteiger partial charge in [-0.05, 0) is 44.9 Å². The second-order valence-electron chi connectivity index (χ2n) is 11.7. The molecule has 2 bridgehead atoms. The maximum atomic E-state index is 14.4. The van der Waals surface area contributed by atoms with Gasteiger partial charge in [0.15, 0.2) is 0 Å². The summed E-state index contributed by atoms with van der Waals surface area (Å²) in [4.78, 5) is 48.1. The number of hydrogen-bond donors (Lipinski definition) is 1. The number of aliphatic hydroxyl groups excluding tert-OH is 1. The summed E-state index contributed by atoms with van der Waals surface area (Å²) in [5.74, 6) is -0.959. The monoisotopic (exact) mass is 533 g/mol. The Morgan fingerprint density at radius 3 is 2.35 bits per heavy atom. The first-order valence-electron chi connectivity index (χ1n) is 13.9. The number of thioether (sulfide) groups is 1. The van der Waals surface area contributed by atoms with Gasteiger partial charge in [0.2, 0.25) is 17.7 Å². The molecule has 208 valence electrons. The molecule has 0 aromatic heterocycles. The van der Waals surface area contributed by atoms with E-state index in [1.807, 2.05) is 25.7 Å². The lowest BCUT2D eigenvalue weighted by Crippen LogP contribution is -2.60. The van der Waals surface area contributed by atoms with E-state index >= 15 is 0 Å². The van der Waals surface area contributed by atoms with E-state index in [1.54, 1.807) is 33.7 Å². The lowest BCUT2D eigenvalue weighted by molar-refractivity contribution is -0.147. The maximum absolute atomic E-state index is 14.4. The van der Waals surface area contributed by atoms with Gasteiger partial charge in [0.25, 0.3) is 0 Å². The molecule has 3 aliphatic rings. The summed E-state index contributed by atoms with van der Waals surface area (Å²) in [6.45, 7) is 21.2. The van der Waals surface area contributed by atoms with E-state index in [-0.39, 0.29) is 47.5 Å². The van der Waals surface area contributed by atoms with E-state index in [4.69, 9.17) is 0 Å². The first-order valence-corrected chi connectivity index (χ1v) is 14.8. The van der Waals surface area contributed by atoms with Crippen molar-refractivity contribution in [2.75, 3.05) is 26.2 Å². The van der Waals surface area contributed by atoms with Crippen molar-refractivity contribution in [3.63, 3.8) is 0 Å². The van der Waals surface area contributed by atoms with Crippen molar-refractivity contribution in [2.24, 2.45) is 23.7 Å². The summed E-state index contributed by atoms with van der Waals surface area (Å²) in [7, 11) is 0. The van der Waals surface area contributed by atoms with Crippen LogP contribution in [0.2, 0.25) is 0 Å². The molecule has 3 fully saturated rings. The minimum atomic E-state index is -0.718. The van der Waals surface area contributed by atoms with Crippen LogP contribution in [-0.2, 0) is 14.4 Å². The Kier molecular flexibility index (Phi) is 9.60. The van der Waals surface area contributed by atoms with Gasteiger partial charge in [-0.3, -0.25) is 14.4 Å². The van der Waals surface area contributed by atoms with Gasteiger partial charge < -0.3 is 19.8 Å². The van der Waals surface area contributed by atoms with Gasteiger partial charge in [-0.25, -0.2) is 0 Å². The molecular formula is C29H47N3O4S. The topological polar surface area (TPSA) is 81.2 Å². The molecule has 1 N–H and O–H groups in total. The molecule has 0 radical (unpaired) electrons. The number of likely N-dealkylation sites (tertiary alicyclic amines) is 1. The van der Waals surface area contributed by atoms with Crippen molar-refractivity contribution >= 4 is 29.5 Å². The van der Waals surface area contributed by atoms with Crippen LogP contribution in [0.5, 0.6) is 0 Å². The quantitative estimate of drug-likeness (QED) is 0.366. The lowest BCUT2D eigenvalue weighted by atomic mass is 9.65. The van der Waals surface area contributed by atoms with Crippen molar-refractivity contribution in [1.82, 2.24) is 14.7 Å². The minimum Gasteiger partial charge on any atom is -0.394 e. The second-order valence-corrected chi connectivity index (χ2v) is 13.3. The van der Waals surface area contributed by atoms with Gasteiger partial charge in [0.05, 0.1) is 29.2 Å². The lowest BCUT2D eigenvalue weighted by Gasteiger charge is -2.43. The van der Waals surface area contributed by atoms with E-state index in [0.29, 0.717) is 26.1 Å². The predicted molar refractivity (Wildman–Crippen MR) is 150 cm³/mol. The van der Waals surface area contributed by atoms with E-state index in [9.17, 15) is 19.5 Å². The first kappa shape index (κ1) is 29.8. The summed E-state index contributed by atoms with van der Waals surface area (Å²) in [5, 5.41) is 10.5. The number of fused-ring (bicyclic) bond motifs is 1. The SMILES string of the molecule is C=CCN(CCC)C(=O)[C@@H]1[C@H]2C(=O)N([C@@H](CO)CC(C)C)C(C(=O)N(CC=C)C(C)C)C23S[C@@H]1CC3C. The standard InChI is InChI=1S/C29H47N3O4S/c1-9-12-30(13-10-2)26(34)23-22-16-20(8)29(37-22)24(23)27(35)32(21(17-33)15-18(4)5)25(29)28(36)31(14-11-3)19(6)7/h9,11,18-25,33H,1,3,10,12-17H2,2,4-8H3/t20?,21-,22-,23+,24+,25?,29?/m1/s1. The number of carbonyl (C=O) groups is 3. The largest absolute Gasteiger partial charge is 0.394 e. The molecule has 37 heavy (non-hydrogen) atoms. The highest BCUT2D eigenvalue weighted by atomic mass is 32.2. The van der Waals surface area contributed by atoms with Gasteiger partial charge in [0.1, 0.15) is 6.04 Å². The second kappa shape index (κ2) is 11.9. The molecule has 7 nitrogen and oxygen atoms in total. The molecule has 0 aliphatic carbocycles. The van der Waals surface area contributed by atoms with Gasteiger partial charge in [-0.1, -0.05) is 39.8 Å². The Morgan fingerprint density at radius 1 is 1.19 bits per heavy atom. The fraction of sp³-hybridized carbons (Fsp3) is 0.759. The maximum Gasteiger partial charge on any atom is 0.247 e. The van der Waals surface area contributed by atoms with E-state index < -0.39 is 28.7 Å². The average Bonchev–Trinajstić information content (AvgIpc) is 3.43. The molecular weight excluding hydrogens is 486 g/mol. The fourth-order valence-corrected chi connectivity index (χ4v) is 9.41. The average molecular weight is 534 g/mol. The highest BCUT2D eigenvalue weighted by Crippen LogP contribution is 2.69. The number of amides is 3. The molecule has 3 rings (SSSR count). The Balaban J connectivity index is 2.16. The zero-order valence-electron chi connectivity index (χ0n) is 23.6. The van der Waals surface area contributed by atoms with Crippen LogP contribution < -0.4 is 0 Å². The molecule has 3 saturated heterocycles. The van der Waals surface area contributed by atoms with E-state index in [2.05, 4.69) is 33.9 Å². The van der Waals surface area contributed by atoms with Crippen LogP contribution in [0, 0.1) is 23.7 Å². The van der Waals surface area contributed by atoms with E-state index in [1.165, 1.54) is 0 Å². The summed E-state index contributed by atoms with van der Waals surface area (Å²) in [5.41, 5.74) is 0. The van der Waals surface area contributed by atoms with Crippen LogP contribution in [0.25, 0.3) is 0 Å². The smallest absolute Gasteiger partial charge is 0.247 e. The molecule has 3 aliphatic heterocycles. The Morgan fingerprint density at radius 2 is 1.84 bits per heavy atom. The molecule has 3 unspecified atom stereocenters. The third-order valence-corrected chi connectivity index (χ3v) is 10.5. The van der Waals surface area contributed by atoms with Crippen LogP contribution in [0.3, 0.4) is 0 Å². The summed E-state index contributed by atoms with van der Waals surface area (Å²) in [6.07, 6.45) is 5.68. The molecule has 3 heterocycles. The summed E-state index contributed by atoms with van der Waals surface area (Å²) in [6, 6.07) is -1.26. The molecule has 0 saturated carbocycles. The van der Waals surface area contributed by atoms with E-state index in [0.717, 1.165) is 12.8 Å². The third kappa shape index (κ3) is 5.00. The van der Waals surface area contributed by atoms with Crippen molar-refractivity contribution < 1.29 is 19.5 Å². The normalized spacial score (nSPS) is 31.1.